The largest absolute Gasteiger partial charge is 0.382 e. The van der Waals surface area contributed by atoms with E-state index in [2.05, 4.69) is 25.2 Å². The molecule has 0 fully saturated rings. The molecule has 0 saturated heterocycles. The summed E-state index contributed by atoms with van der Waals surface area (Å²) < 4.78 is 10.1. The minimum absolute atomic E-state index is 0.675. The van der Waals surface area contributed by atoms with Gasteiger partial charge in [0.25, 0.3) is 0 Å². The van der Waals surface area contributed by atoms with Gasteiger partial charge in [0.15, 0.2) is 0 Å². The first-order valence-electron chi connectivity index (χ1n) is 4.68. The fourth-order valence-electron chi connectivity index (χ4n) is 0.767. The van der Waals surface area contributed by atoms with E-state index >= 15 is 0 Å². The van der Waals surface area contributed by atoms with Crippen LogP contribution in [0, 0.1) is 0 Å². The predicted octanol–water partition coefficient (Wildman–Crippen LogP) is 1.21. The van der Waals surface area contributed by atoms with Crippen molar-refractivity contribution in [3.8, 4) is 0 Å². The maximum absolute atomic E-state index is 5.27. The summed E-state index contributed by atoms with van der Waals surface area (Å²) in [7, 11) is 1.68. The number of ether oxygens (including phenoxy) is 2. The van der Waals surface area contributed by atoms with Crippen molar-refractivity contribution in [2.24, 2.45) is 0 Å². The SMILES string of the molecule is COCCOCCNCC=C(C)C. The Kier molecular flexibility index (Phi) is 9.42. The highest BCUT2D eigenvalue weighted by atomic mass is 16.5. The molecule has 0 aromatic carbocycles. The van der Waals surface area contributed by atoms with Gasteiger partial charge in [0.05, 0.1) is 19.8 Å². The van der Waals surface area contributed by atoms with Crippen LogP contribution in [0.15, 0.2) is 11.6 Å². The molecule has 0 heterocycles. The molecule has 3 nitrogen and oxygen atoms in total. The molecule has 0 spiro atoms. The molecular formula is C10H21NO2. The Morgan fingerprint density at radius 3 is 2.62 bits per heavy atom. The first-order chi connectivity index (χ1) is 6.27. The van der Waals surface area contributed by atoms with Gasteiger partial charge >= 0.3 is 0 Å². The monoisotopic (exact) mass is 187 g/mol. The third kappa shape index (κ3) is 11.6. The summed E-state index contributed by atoms with van der Waals surface area (Å²) in [4.78, 5) is 0. The third-order valence-electron chi connectivity index (χ3n) is 1.51. The Morgan fingerprint density at radius 1 is 1.23 bits per heavy atom. The molecule has 0 saturated carbocycles. The van der Waals surface area contributed by atoms with E-state index in [1.165, 1.54) is 5.57 Å². The summed E-state index contributed by atoms with van der Waals surface area (Å²) in [6.07, 6.45) is 2.16. The lowest BCUT2D eigenvalue weighted by molar-refractivity contribution is 0.0723. The zero-order valence-electron chi connectivity index (χ0n) is 8.93. The van der Waals surface area contributed by atoms with Crippen LogP contribution in [0.1, 0.15) is 13.8 Å². The second kappa shape index (κ2) is 9.71. The minimum Gasteiger partial charge on any atom is -0.382 e. The number of allylic oxidation sites excluding steroid dienone is 1. The van der Waals surface area contributed by atoms with Crippen molar-refractivity contribution < 1.29 is 9.47 Å². The molecule has 0 bridgehead atoms. The lowest BCUT2D eigenvalue weighted by Gasteiger charge is -2.03. The lowest BCUT2D eigenvalue weighted by Crippen LogP contribution is -2.20. The third-order valence-corrected chi connectivity index (χ3v) is 1.51. The van der Waals surface area contributed by atoms with Crippen LogP contribution in [0.4, 0.5) is 0 Å². The van der Waals surface area contributed by atoms with E-state index in [-0.39, 0.29) is 0 Å². The van der Waals surface area contributed by atoms with Crippen LogP contribution in [0.2, 0.25) is 0 Å². The summed E-state index contributed by atoms with van der Waals surface area (Å²) in [5, 5.41) is 3.25. The van der Waals surface area contributed by atoms with Crippen molar-refractivity contribution in [1.82, 2.24) is 5.32 Å². The zero-order valence-corrected chi connectivity index (χ0v) is 8.93. The van der Waals surface area contributed by atoms with E-state index in [0.29, 0.717) is 13.2 Å². The van der Waals surface area contributed by atoms with E-state index in [0.717, 1.165) is 19.7 Å². The summed E-state index contributed by atoms with van der Waals surface area (Å²) in [6.45, 7) is 8.12. The van der Waals surface area contributed by atoms with Crippen molar-refractivity contribution in [3.63, 3.8) is 0 Å². The maximum Gasteiger partial charge on any atom is 0.0700 e. The van der Waals surface area contributed by atoms with E-state index in [9.17, 15) is 0 Å². The van der Waals surface area contributed by atoms with Crippen molar-refractivity contribution in [2.45, 2.75) is 13.8 Å². The van der Waals surface area contributed by atoms with Crippen LogP contribution in [0.3, 0.4) is 0 Å². The van der Waals surface area contributed by atoms with Crippen molar-refractivity contribution >= 4 is 0 Å². The molecule has 0 atom stereocenters. The summed E-state index contributed by atoms with van der Waals surface area (Å²) in [6, 6.07) is 0. The Hall–Kier alpha value is -0.380. The van der Waals surface area contributed by atoms with Crippen molar-refractivity contribution in [2.75, 3.05) is 40.0 Å². The summed E-state index contributed by atoms with van der Waals surface area (Å²) >= 11 is 0. The van der Waals surface area contributed by atoms with Gasteiger partial charge in [-0.15, -0.1) is 0 Å². The average Bonchev–Trinajstić information content (AvgIpc) is 2.09. The maximum atomic E-state index is 5.27. The molecule has 0 aliphatic heterocycles. The molecule has 0 amide bonds. The van der Waals surface area contributed by atoms with Crippen LogP contribution in [0.5, 0.6) is 0 Å². The zero-order chi connectivity index (χ0) is 9.94. The quantitative estimate of drug-likeness (QED) is 0.457. The van der Waals surface area contributed by atoms with Gasteiger partial charge in [-0.3, -0.25) is 0 Å². The number of rotatable bonds is 8. The van der Waals surface area contributed by atoms with Crippen LogP contribution >= 0.6 is 0 Å². The molecule has 0 unspecified atom stereocenters. The fourth-order valence-corrected chi connectivity index (χ4v) is 0.767. The number of hydrogen-bond acceptors (Lipinski definition) is 3. The molecule has 0 aliphatic rings. The highest BCUT2D eigenvalue weighted by Crippen LogP contribution is 1.84. The smallest absolute Gasteiger partial charge is 0.0700 e. The highest BCUT2D eigenvalue weighted by molar-refractivity contribution is 4.94. The Balaban J connectivity index is 2.96. The van der Waals surface area contributed by atoms with Crippen LogP contribution in [-0.2, 0) is 9.47 Å². The molecule has 0 aromatic heterocycles. The Morgan fingerprint density at radius 2 is 2.00 bits per heavy atom. The first-order valence-corrected chi connectivity index (χ1v) is 4.68. The van der Waals surface area contributed by atoms with Gasteiger partial charge in [0, 0.05) is 20.2 Å². The molecule has 13 heavy (non-hydrogen) atoms. The fraction of sp³-hybridized carbons (Fsp3) is 0.800. The van der Waals surface area contributed by atoms with Crippen molar-refractivity contribution in [1.29, 1.82) is 0 Å². The molecule has 0 aromatic rings. The Bertz CT molecular complexity index is 131. The molecular weight excluding hydrogens is 166 g/mol. The highest BCUT2D eigenvalue weighted by Gasteiger charge is 1.87. The summed E-state index contributed by atoms with van der Waals surface area (Å²) in [5.41, 5.74) is 1.34. The average molecular weight is 187 g/mol. The number of nitrogens with one attached hydrogen (secondary N) is 1. The normalized spacial score (nSPS) is 10.1. The Labute approximate surface area is 81.1 Å². The molecule has 0 rings (SSSR count). The standard InChI is InChI=1S/C10H21NO2/c1-10(2)4-5-11-6-7-13-9-8-12-3/h4,11H,5-9H2,1-3H3. The molecule has 1 N–H and O–H groups in total. The summed E-state index contributed by atoms with van der Waals surface area (Å²) in [5.74, 6) is 0. The van der Waals surface area contributed by atoms with Gasteiger partial charge in [0.1, 0.15) is 0 Å². The second-order valence-electron chi connectivity index (χ2n) is 3.09. The van der Waals surface area contributed by atoms with Gasteiger partial charge in [0.2, 0.25) is 0 Å². The van der Waals surface area contributed by atoms with Gasteiger partial charge < -0.3 is 14.8 Å². The molecule has 3 heteroatoms. The molecule has 78 valence electrons. The van der Waals surface area contributed by atoms with Gasteiger partial charge in [-0.1, -0.05) is 11.6 Å². The molecule has 0 radical (unpaired) electrons. The van der Waals surface area contributed by atoms with Gasteiger partial charge in [-0.2, -0.15) is 0 Å². The van der Waals surface area contributed by atoms with E-state index in [4.69, 9.17) is 9.47 Å². The van der Waals surface area contributed by atoms with Crippen LogP contribution in [-0.4, -0.2) is 40.0 Å². The van der Waals surface area contributed by atoms with Crippen molar-refractivity contribution in [3.05, 3.63) is 11.6 Å². The topological polar surface area (TPSA) is 30.5 Å². The van der Waals surface area contributed by atoms with Crippen LogP contribution in [0.25, 0.3) is 0 Å². The van der Waals surface area contributed by atoms with E-state index in [1.807, 2.05) is 0 Å². The van der Waals surface area contributed by atoms with E-state index < -0.39 is 0 Å². The first kappa shape index (κ1) is 12.6. The van der Waals surface area contributed by atoms with Crippen LogP contribution < -0.4 is 5.32 Å². The predicted molar refractivity (Wildman–Crippen MR) is 55.0 cm³/mol. The van der Waals surface area contributed by atoms with E-state index in [1.54, 1.807) is 7.11 Å². The van der Waals surface area contributed by atoms with Gasteiger partial charge in [-0.25, -0.2) is 0 Å². The molecule has 0 aliphatic carbocycles. The van der Waals surface area contributed by atoms with Gasteiger partial charge in [-0.05, 0) is 13.8 Å². The number of methoxy groups -OCH3 is 1. The second-order valence-corrected chi connectivity index (χ2v) is 3.09. The number of hydrogen-bond donors (Lipinski definition) is 1. The minimum atomic E-state index is 0.675. The lowest BCUT2D eigenvalue weighted by atomic mass is 10.3.